The first-order valence-corrected chi connectivity index (χ1v) is 7.29. The van der Waals surface area contributed by atoms with E-state index in [0.29, 0.717) is 0 Å². The number of benzene rings is 1. The minimum atomic E-state index is 0.835. The molecule has 1 rings (SSSR count). The van der Waals surface area contributed by atoms with Crippen LogP contribution in [0.2, 0.25) is 0 Å². The van der Waals surface area contributed by atoms with Crippen molar-refractivity contribution in [2.45, 2.75) is 46.5 Å². The van der Waals surface area contributed by atoms with Gasteiger partial charge in [0.25, 0.3) is 0 Å². The standard InChI is InChI=1S/C16H27NO/c1-4-7-8-9-13-18-16-12-10-11-15(14-16)17(5-2)6-3/h10-12,14H,4-9,13H2,1-3H3. The number of hydrogen-bond acceptors (Lipinski definition) is 2. The molecule has 0 aliphatic carbocycles. The van der Waals surface area contributed by atoms with Gasteiger partial charge in [-0.1, -0.05) is 32.3 Å². The van der Waals surface area contributed by atoms with Gasteiger partial charge in [0.1, 0.15) is 5.75 Å². The molecule has 0 heterocycles. The van der Waals surface area contributed by atoms with Gasteiger partial charge in [-0.2, -0.15) is 0 Å². The predicted molar refractivity (Wildman–Crippen MR) is 79.6 cm³/mol. The van der Waals surface area contributed by atoms with E-state index in [-0.39, 0.29) is 0 Å². The molecule has 0 radical (unpaired) electrons. The zero-order chi connectivity index (χ0) is 13.2. The van der Waals surface area contributed by atoms with Gasteiger partial charge < -0.3 is 9.64 Å². The van der Waals surface area contributed by atoms with Crippen LogP contribution in [-0.4, -0.2) is 19.7 Å². The van der Waals surface area contributed by atoms with Crippen molar-refractivity contribution in [3.05, 3.63) is 24.3 Å². The summed E-state index contributed by atoms with van der Waals surface area (Å²) in [6.07, 6.45) is 5.01. The molecule has 0 saturated heterocycles. The highest BCUT2D eigenvalue weighted by Gasteiger charge is 2.02. The second kappa shape index (κ2) is 8.84. The van der Waals surface area contributed by atoms with Gasteiger partial charge in [0, 0.05) is 24.8 Å². The van der Waals surface area contributed by atoms with Gasteiger partial charge in [0.05, 0.1) is 6.61 Å². The maximum atomic E-state index is 5.81. The molecule has 0 atom stereocenters. The van der Waals surface area contributed by atoms with Crippen molar-refractivity contribution in [2.75, 3.05) is 24.6 Å². The van der Waals surface area contributed by atoms with Crippen LogP contribution >= 0.6 is 0 Å². The van der Waals surface area contributed by atoms with Crippen molar-refractivity contribution >= 4 is 5.69 Å². The molecule has 0 saturated carbocycles. The van der Waals surface area contributed by atoms with Crippen LogP contribution in [0.15, 0.2) is 24.3 Å². The SMILES string of the molecule is CCCCCCOc1cccc(N(CC)CC)c1. The van der Waals surface area contributed by atoms with Crippen LogP contribution < -0.4 is 9.64 Å². The van der Waals surface area contributed by atoms with E-state index in [0.717, 1.165) is 31.9 Å². The highest BCUT2D eigenvalue weighted by Crippen LogP contribution is 2.21. The minimum Gasteiger partial charge on any atom is -0.494 e. The molecule has 2 heteroatoms. The largest absolute Gasteiger partial charge is 0.494 e. The highest BCUT2D eigenvalue weighted by atomic mass is 16.5. The van der Waals surface area contributed by atoms with Gasteiger partial charge in [0.15, 0.2) is 0 Å². The summed E-state index contributed by atoms with van der Waals surface area (Å²) in [6, 6.07) is 8.42. The molecule has 0 amide bonds. The monoisotopic (exact) mass is 249 g/mol. The van der Waals surface area contributed by atoms with Crippen LogP contribution in [0.5, 0.6) is 5.75 Å². The zero-order valence-corrected chi connectivity index (χ0v) is 12.1. The summed E-state index contributed by atoms with van der Waals surface area (Å²) in [5.74, 6) is 0.996. The van der Waals surface area contributed by atoms with Gasteiger partial charge in [0.2, 0.25) is 0 Å². The van der Waals surface area contributed by atoms with E-state index in [1.54, 1.807) is 0 Å². The lowest BCUT2D eigenvalue weighted by atomic mass is 10.2. The zero-order valence-electron chi connectivity index (χ0n) is 12.1. The number of unbranched alkanes of at least 4 members (excludes halogenated alkanes) is 3. The fourth-order valence-electron chi connectivity index (χ4n) is 2.08. The first kappa shape index (κ1) is 14.9. The summed E-state index contributed by atoms with van der Waals surface area (Å²) in [5.41, 5.74) is 1.26. The van der Waals surface area contributed by atoms with Crippen LogP contribution in [0.25, 0.3) is 0 Å². The molecule has 0 aliphatic rings. The first-order valence-electron chi connectivity index (χ1n) is 7.29. The van der Waals surface area contributed by atoms with E-state index in [9.17, 15) is 0 Å². The lowest BCUT2D eigenvalue weighted by Crippen LogP contribution is -2.21. The molecule has 18 heavy (non-hydrogen) atoms. The molecule has 2 nitrogen and oxygen atoms in total. The second-order valence-electron chi connectivity index (χ2n) is 4.58. The van der Waals surface area contributed by atoms with E-state index >= 15 is 0 Å². The number of hydrogen-bond donors (Lipinski definition) is 0. The maximum absolute atomic E-state index is 5.81. The van der Waals surface area contributed by atoms with Crippen molar-refractivity contribution in [3.63, 3.8) is 0 Å². The van der Waals surface area contributed by atoms with Gasteiger partial charge in [-0.05, 0) is 32.4 Å². The molecular formula is C16H27NO. The molecule has 0 bridgehead atoms. The smallest absolute Gasteiger partial charge is 0.121 e. The fraction of sp³-hybridized carbons (Fsp3) is 0.625. The number of nitrogens with zero attached hydrogens (tertiary/aromatic N) is 1. The third-order valence-electron chi connectivity index (χ3n) is 3.21. The summed E-state index contributed by atoms with van der Waals surface area (Å²) in [6.45, 7) is 9.51. The van der Waals surface area contributed by atoms with Gasteiger partial charge in [-0.3, -0.25) is 0 Å². The summed E-state index contributed by atoms with van der Waals surface area (Å²) >= 11 is 0. The molecule has 0 aliphatic heterocycles. The average Bonchev–Trinajstić information content (AvgIpc) is 2.40. The van der Waals surface area contributed by atoms with Crippen LogP contribution in [-0.2, 0) is 0 Å². The topological polar surface area (TPSA) is 12.5 Å². The molecule has 0 spiro atoms. The lowest BCUT2D eigenvalue weighted by molar-refractivity contribution is 0.305. The quantitative estimate of drug-likeness (QED) is 0.598. The number of rotatable bonds is 9. The Morgan fingerprint density at radius 2 is 1.78 bits per heavy atom. The molecule has 0 fully saturated rings. The minimum absolute atomic E-state index is 0.835. The molecule has 0 aromatic heterocycles. The van der Waals surface area contributed by atoms with Crippen LogP contribution in [0.3, 0.4) is 0 Å². The van der Waals surface area contributed by atoms with Gasteiger partial charge in [-0.25, -0.2) is 0 Å². The van der Waals surface area contributed by atoms with Crippen LogP contribution in [0, 0.1) is 0 Å². The van der Waals surface area contributed by atoms with Gasteiger partial charge in [-0.15, -0.1) is 0 Å². The van der Waals surface area contributed by atoms with Crippen LogP contribution in [0.4, 0.5) is 5.69 Å². The maximum Gasteiger partial charge on any atom is 0.121 e. The average molecular weight is 249 g/mol. The first-order chi connectivity index (χ1) is 8.81. The number of ether oxygens (including phenoxy) is 1. The second-order valence-corrected chi connectivity index (χ2v) is 4.58. The van der Waals surface area contributed by atoms with E-state index < -0.39 is 0 Å². The Bertz CT molecular complexity index is 321. The van der Waals surface area contributed by atoms with Gasteiger partial charge >= 0.3 is 0 Å². The Hall–Kier alpha value is -1.18. The summed E-state index contributed by atoms with van der Waals surface area (Å²) in [7, 11) is 0. The molecule has 1 aromatic rings. The molecule has 0 unspecified atom stereocenters. The third-order valence-corrected chi connectivity index (χ3v) is 3.21. The van der Waals surface area contributed by atoms with E-state index in [1.165, 1.54) is 24.9 Å². The Morgan fingerprint density at radius 3 is 2.44 bits per heavy atom. The normalized spacial score (nSPS) is 10.4. The van der Waals surface area contributed by atoms with E-state index in [4.69, 9.17) is 4.74 Å². The van der Waals surface area contributed by atoms with Crippen molar-refractivity contribution in [2.24, 2.45) is 0 Å². The lowest BCUT2D eigenvalue weighted by Gasteiger charge is -2.21. The Morgan fingerprint density at radius 1 is 1.00 bits per heavy atom. The Kier molecular flexibility index (Phi) is 7.31. The highest BCUT2D eigenvalue weighted by molar-refractivity contribution is 5.50. The molecular weight excluding hydrogens is 222 g/mol. The Labute approximate surface area is 112 Å². The molecule has 0 N–H and O–H groups in total. The van der Waals surface area contributed by atoms with Crippen molar-refractivity contribution in [3.8, 4) is 5.75 Å². The predicted octanol–water partition coefficient (Wildman–Crippen LogP) is 4.49. The molecule has 102 valence electrons. The summed E-state index contributed by atoms with van der Waals surface area (Å²) < 4.78 is 5.81. The fourth-order valence-corrected chi connectivity index (χ4v) is 2.08. The number of anilines is 1. The van der Waals surface area contributed by atoms with E-state index in [1.807, 2.05) is 6.07 Å². The molecule has 1 aromatic carbocycles. The van der Waals surface area contributed by atoms with Crippen molar-refractivity contribution < 1.29 is 4.74 Å². The van der Waals surface area contributed by atoms with Crippen molar-refractivity contribution in [1.82, 2.24) is 0 Å². The van der Waals surface area contributed by atoms with Crippen LogP contribution in [0.1, 0.15) is 46.5 Å². The summed E-state index contributed by atoms with van der Waals surface area (Å²) in [4.78, 5) is 2.34. The van der Waals surface area contributed by atoms with E-state index in [2.05, 4.69) is 43.9 Å². The van der Waals surface area contributed by atoms with Crippen molar-refractivity contribution in [1.29, 1.82) is 0 Å². The Balaban J connectivity index is 2.44. The third kappa shape index (κ3) is 4.99. The summed E-state index contributed by atoms with van der Waals surface area (Å²) in [5, 5.41) is 0.